The van der Waals surface area contributed by atoms with Gasteiger partial charge < -0.3 is 18.9 Å². The first-order valence-electron chi connectivity index (χ1n) is 9.51. The molecule has 1 fully saturated rings. The number of nitrogens with zero attached hydrogens (tertiary/aromatic N) is 1. The van der Waals surface area contributed by atoms with E-state index in [1.807, 2.05) is 0 Å². The molecule has 0 radical (unpaired) electrons. The molecule has 2 aliphatic rings. The number of benzene rings is 1. The molecule has 11 nitrogen and oxygen atoms in total. The fraction of sp³-hybridized carbons (Fsp3) is 0.450. The zero-order chi connectivity index (χ0) is 23.6. The van der Waals surface area contributed by atoms with Gasteiger partial charge in [0.05, 0.1) is 11.1 Å². The van der Waals surface area contributed by atoms with E-state index in [1.165, 1.54) is 12.1 Å². The molecule has 0 aliphatic carbocycles. The summed E-state index contributed by atoms with van der Waals surface area (Å²) in [5.74, 6) is -4.21. The van der Waals surface area contributed by atoms with Crippen LogP contribution in [-0.2, 0) is 38.2 Å². The first kappa shape index (κ1) is 23.3. The van der Waals surface area contributed by atoms with Gasteiger partial charge in [0, 0.05) is 20.8 Å². The number of halogens is 1. The Morgan fingerprint density at radius 2 is 1.34 bits per heavy atom. The number of amides is 2. The summed E-state index contributed by atoms with van der Waals surface area (Å²) in [7, 11) is 0. The van der Waals surface area contributed by atoms with E-state index >= 15 is 0 Å². The molecule has 0 N–H and O–H groups in total. The van der Waals surface area contributed by atoms with Gasteiger partial charge in [-0.05, 0) is 12.1 Å². The Morgan fingerprint density at radius 3 is 1.81 bits per heavy atom. The summed E-state index contributed by atoms with van der Waals surface area (Å²) >= 11 is 0. The monoisotopic (exact) mass is 453 g/mol. The largest absolute Gasteiger partial charge is 0.456 e. The minimum absolute atomic E-state index is 0.0636. The van der Waals surface area contributed by atoms with E-state index in [-0.39, 0.29) is 11.1 Å². The molecule has 1 saturated heterocycles. The van der Waals surface area contributed by atoms with Gasteiger partial charge in [0.25, 0.3) is 11.8 Å². The number of alkyl halides is 1. The molecule has 12 heteroatoms. The quantitative estimate of drug-likeness (QED) is 0.344. The van der Waals surface area contributed by atoms with Crippen molar-refractivity contribution in [3.05, 3.63) is 35.4 Å². The molecule has 172 valence electrons. The lowest BCUT2D eigenvalue weighted by Crippen LogP contribution is -2.63. The number of fused-ring (bicyclic) bond motifs is 1. The number of ether oxygens (including phenoxy) is 4. The van der Waals surface area contributed by atoms with Crippen LogP contribution < -0.4 is 0 Å². The fourth-order valence-electron chi connectivity index (χ4n) is 3.43. The number of hydroxylamine groups is 2. The van der Waals surface area contributed by atoms with Crippen LogP contribution in [0.1, 0.15) is 41.5 Å². The van der Waals surface area contributed by atoms with Crippen molar-refractivity contribution in [2.24, 2.45) is 0 Å². The molecular formula is C20H20FNO10. The summed E-state index contributed by atoms with van der Waals surface area (Å²) in [4.78, 5) is 65.6. The molecule has 2 heterocycles. The molecule has 2 amide bonds. The van der Waals surface area contributed by atoms with E-state index in [1.54, 1.807) is 12.1 Å². The SMILES string of the molecule is CC(=O)OC1[C@@H](OC(C)=O)[C@H](ON2C(=O)c3ccccc3C2=O)O[C@H](CF)[C@@H]1OC(C)=O. The van der Waals surface area contributed by atoms with Crippen molar-refractivity contribution in [3.8, 4) is 0 Å². The van der Waals surface area contributed by atoms with Crippen molar-refractivity contribution >= 4 is 29.7 Å². The van der Waals surface area contributed by atoms with Crippen LogP contribution in [0.15, 0.2) is 24.3 Å². The third-order valence-electron chi connectivity index (χ3n) is 4.62. The summed E-state index contributed by atoms with van der Waals surface area (Å²) in [5.41, 5.74) is 0.127. The van der Waals surface area contributed by atoms with Gasteiger partial charge in [0.15, 0.2) is 18.3 Å². The van der Waals surface area contributed by atoms with Gasteiger partial charge >= 0.3 is 17.9 Å². The van der Waals surface area contributed by atoms with E-state index in [9.17, 15) is 28.4 Å². The maximum atomic E-state index is 13.8. The standard InChI is InChI=1S/C20H20FNO10/c1-9(23)28-15-14(8-21)31-20(17(30-11(3)25)16(15)29-10(2)24)32-22-18(26)12-6-4-5-7-13(12)19(22)27/h4-7,14-17,20H,8H2,1-3H3/t14-,15+,16?,17-,20+/m1/s1. The van der Waals surface area contributed by atoms with Crippen molar-refractivity contribution in [2.75, 3.05) is 6.67 Å². The Hall–Kier alpha value is -3.38. The molecule has 1 aromatic rings. The Kier molecular flexibility index (Phi) is 6.84. The molecule has 0 aromatic heterocycles. The van der Waals surface area contributed by atoms with Crippen molar-refractivity contribution in [2.45, 2.75) is 51.5 Å². The normalized spacial score (nSPS) is 27.0. The Bertz CT molecular complexity index is 915. The number of hydrogen-bond donors (Lipinski definition) is 0. The number of imide groups is 1. The van der Waals surface area contributed by atoms with E-state index in [0.29, 0.717) is 5.06 Å². The molecule has 1 unspecified atom stereocenters. The first-order chi connectivity index (χ1) is 15.1. The zero-order valence-corrected chi connectivity index (χ0v) is 17.3. The number of carbonyl (C=O) groups is 5. The average molecular weight is 453 g/mol. The Morgan fingerprint density at radius 1 is 0.875 bits per heavy atom. The zero-order valence-electron chi connectivity index (χ0n) is 17.3. The molecule has 3 rings (SSSR count). The molecule has 0 spiro atoms. The van der Waals surface area contributed by atoms with Crippen LogP contribution >= 0.6 is 0 Å². The maximum Gasteiger partial charge on any atom is 0.303 e. The Labute approximate surface area is 181 Å². The molecule has 2 aliphatic heterocycles. The van der Waals surface area contributed by atoms with Crippen LogP contribution in [0.4, 0.5) is 4.39 Å². The molecular weight excluding hydrogens is 433 g/mol. The van der Waals surface area contributed by atoms with Crippen LogP contribution in [0.5, 0.6) is 0 Å². The fourth-order valence-corrected chi connectivity index (χ4v) is 3.43. The summed E-state index contributed by atoms with van der Waals surface area (Å²) in [6.07, 6.45) is -7.91. The van der Waals surface area contributed by atoms with Gasteiger partial charge in [-0.2, -0.15) is 0 Å². The summed E-state index contributed by atoms with van der Waals surface area (Å²) in [5, 5.41) is 0.387. The third kappa shape index (κ3) is 4.60. The van der Waals surface area contributed by atoms with E-state index in [0.717, 1.165) is 20.8 Å². The van der Waals surface area contributed by atoms with Gasteiger partial charge in [0.2, 0.25) is 6.29 Å². The highest BCUT2D eigenvalue weighted by atomic mass is 19.1. The third-order valence-corrected chi connectivity index (χ3v) is 4.62. The van der Waals surface area contributed by atoms with Crippen molar-refractivity contribution in [3.63, 3.8) is 0 Å². The lowest BCUT2D eigenvalue weighted by Gasteiger charge is -2.43. The molecule has 0 saturated carbocycles. The molecule has 5 atom stereocenters. The number of hydrogen-bond acceptors (Lipinski definition) is 10. The average Bonchev–Trinajstić information content (AvgIpc) is 2.96. The van der Waals surface area contributed by atoms with Crippen LogP contribution in [0, 0.1) is 0 Å². The van der Waals surface area contributed by atoms with Crippen molar-refractivity contribution in [1.29, 1.82) is 0 Å². The van der Waals surface area contributed by atoms with E-state index in [4.69, 9.17) is 23.8 Å². The highest BCUT2D eigenvalue weighted by Crippen LogP contribution is 2.32. The van der Waals surface area contributed by atoms with E-state index in [2.05, 4.69) is 0 Å². The summed E-state index contributed by atoms with van der Waals surface area (Å²) in [6.45, 7) is 1.90. The van der Waals surface area contributed by atoms with E-state index < -0.39 is 67.1 Å². The molecule has 1 aromatic carbocycles. The second kappa shape index (κ2) is 9.40. The van der Waals surface area contributed by atoms with Crippen LogP contribution in [0.3, 0.4) is 0 Å². The maximum absolute atomic E-state index is 13.8. The first-order valence-corrected chi connectivity index (χ1v) is 9.51. The summed E-state index contributed by atoms with van der Waals surface area (Å²) < 4.78 is 34.6. The molecule has 32 heavy (non-hydrogen) atoms. The minimum atomic E-state index is -1.75. The second-order valence-electron chi connectivity index (χ2n) is 6.98. The molecule has 0 bridgehead atoms. The van der Waals surface area contributed by atoms with Gasteiger partial charge in [-0.25, -0.2) is 9.23 Å². The lowest BCUT2D eigenvalue weighted by atomic mass is 9.98. The Balaban J connectivity index is 1.95. The predicted octanol–water partition coefficient (Wildman–Crippen LogP) is 0.704. The van der Waals surface area contributed by atoms with Gasteiger partial charge in [-0.3, -0.25) is 24.0 Å². The second-order valence-corrected chi connectivity index (χ2v) is 6.98. The lowest BCUT2D eigenvalue weighted by molar-refractivity contribution is -0.339. The van der Waals surface area contributed by atoms with Gasteiger partial charge in [0.1, 0.15) is 12.8 Å². The van der Waals surface area contributed by atoms with Crippen LogP contribution in [0.2, 0.25) is 0 Å². The van der Waals surface area contributed by atoms with Crippen molar-refractivity contribution < 1.29 is 52.1 Å². The topological polar surface area (TPSA) is 135 Å². The smallest absolute Gasteiger partial charge is 0.303 e. The van der Waals surface area contributed by atoms with Crippen molar-refractivity contribution in [1.82, 2.24) is 5.06 Å². The van der Waals surface area contributed by atoms with Crippen LogP contribution in [0.25, 0.3) is 0 Å². The number of rotatable bonds is 6. The highest BCUT2D eigenvalue weighted by Gasteiger charge is 2.54. The summed E-state index contributed by atoms with van der Waals surface area (Å²) in [6, 6.07) is 5.91. The van der Waals surface area contributed by atoms with Gasteiger partial charge in [-0.1, -0.05) is 12.1 Å². The minimum Gasteiger partial charge on any atom is -0.456 e. The van der Waals surface area contributed by atoms with Crippen LogP contribution in [-0.4, -0.2) is 72.2 Å². The predicted molar refractivity (Wildman–Crippen MR) is 99.3 cm³/mol. The number of esters is 3. The highest BCUT2D eigenvalue weighted by molar-refractivity contribution is 6.20. The van der Waals surface area contributed by atoms with Gasteiger partial charge in [-0.15, -0.1) is 5.06 Å². The number of carbonyl (C=O) groups excluding carboxylic acids is 5.